The van der Waals surface area contributed by atoms with E-state index in [0.29, 0.717) is 33.1 Å². The summed E-state index contributed by atoms with van der Waals surface area (Å²) in [6.45, 7) is 2.80. The molecule has 0 aliphatic heterocycles. The number of thiazole rings is 1. The van der Waals surface area contributed by atoms with Crippen molar-refractivity contribution in [1.29, 1.82) is 0 Å². The molecule has 146 valence electrons. The van der Waals surface area contributed by atoms with Gasteiger partial charge >= 0.3 is 0 Å². The molecule has 0 aliphatic rings. The maximum absolute atomic E-state index is 12.5. The fourth-order valence-electron chi connectivity index (χ4n) is 2.56. The van der Waals surface area contributed by atoms with Gasteiger partial charge in [-0.25, -0.2) is 4.98 Å². The van der Waals surface area contributed by atoms with Crippen LogP contribution < -0.4 is 10.1 Å². The quantitative estimate of drug-likeness (QED) is 0.390. The van der Waals surface area contributed by atoms with Gasteiger partial charge in [-0.15, -0.1) is 11.3 Å². The Balaban J connectivity index is 1.65. The van der Waals surface area contributed by atoms with Gasteiger partial charge in [0.15, 0.2) is 5.13 Å². The summed E-state index contributed by atoms with van der Waals surface area (Å²) in [5.41, 5.74) is 2.10. The van der Waals surface area contributed by atoms with E-state index in [-0.39, 0.29) is 5.91 Å². The molecule has 0 radical (unpaired) electrons. The molecular weight excluding hydrogens is 415 g/mol. The van der Waals surface area contributed by atoms with E-state index in [1.807, 2.05) is 23.6 Å². The summed E-state index contributed by atoms with van der Waals surface area (Å²) in [6.07, 6.45) is 3.28. The van der Waals surface area contributed by atoms with Gasteiger partial charge in [-0.1, -0.05) is 55.1 Å². The van der Waals surface area contributed by atoms with E-state index in [9.17, 15) is 4.79 Å². The number of rotatable bonds is 8. The lowest BCUT2D eigenvalue weighted by atomic mass is 10.2. The average Bonchev–Trinajstić information content (AvgIpc) is 3.16. The third-order valence-corrected chi connectivity index (χ3v) is 5.55. The summed E-state index contributed by atoms with van der Waals surface area (Å²) in [4.78, 5) is 17.0. The molecule has 0 bridgehead atoms. The zero-order valence-electron chi connectivity index (χ0n) is 15.4. The monoisotopic (exact) mass is 434 g/mol. The van der Waals surface area contributed by atoms with E-state index in [0.717, 1.165) is 30.5 Å². The first-order chi connectivity index (χ1) is 13.6. The summed E-state index contributed by atoms with van der Waals surface area (Å²) < 4.78 is 5.72. The molecule has 0 unspecified atom stereocenters. The molecule has 0 atom stereocenters. The number of hydrogen-bond acceptors (Lipinski definition) is 4. The minimum Gasteiger partial charge on any atom is -0.494 e. The average molecular weight is 435 g/mol. The van der Waals surface area contributed by atoms with Crippen LogP contribution in [0.15, 0.2) is 47.8 Å². The molecule has 0 saturated heterocycles. The predicted molar refractivity (Wildman–Crippen MR) is 117 cm³/mol. The van der Waals surface area contributed by atoms with E-state index in [1.165, 1.54) is 11.3 Å². The van der Waals surface area contributed by atoms with Gasteiger partial charge in [0.25, 0.3) is 5.91 Å². The molecule has 0 spiro atoms. The van der Waals surface area contributed by atoms with Gasteiger partial charge in [0.1, 0.15) is 5.75 Å². The third-order valence-electron chi connectivity index (χ3n) is 4.05. The molecule has 7 heteroatoms. The van der Waals surface area contributed by atoms with Crippen LogP contribution in [0.1, 0.15) is 36.5 Å². The molecule has 3 aromatic rings. The van der Waals surface area contributed by atoms with Crippen LogP contribution in [0.5, 0.6) is 5.75 Å². The smallest absolute Gasteiger partial charge is 0.257 e. The van der Waals surface area contributed by atoms with Crippen LogP contribution in [0.3, 0.4) is 0 Å². The van der Waals surface area contributed by atoms with Crippen molar-refractivity contribution < 1.29 is 9.53 Å². The van der Waals surface area contributed by atoms with Gasteiger partial charge in [-0.3, -0.25) is 10.1 Å². The second-order valence-corrected chi connectivity index (χ2v) is 7.88. The van der Waals surface area contributed by atoms with Gasteiger partial charge in [0.05, 0.1) is 22.3 Å². The number of aromatic nitrogens is 1. The first kappa shape index (κ1) is 20.6. The Morgan fingerprint density at radius 2 is 2.00 bits per heavy atom. The van der Waals surface area contributed by atoms with Crippen LogP contribution in [-0.4, -0.2) is 17.5 Å². The number of carbonyl (C=O) groups is 1. The second kappa shape index (κ2) is 9.92. The zero-order valence-corrected chi connectivity index (χ0v) is 17.7. The lowest BCUT2D eigenvalue weighted by Gasteiger charge is -2.07. The Hall–Kier alpha value is -2.08. The van der Waals surface area contributed by atoms with E-state index in [2.05, 4.69) is 17.2 Å². The number of nitrogens with zero attached hydrogens (tertiary/aromatic N) is 1. The SMILES string of the molecule is CCCCCOc1cccc(C(=O)Nc2nc(-c3ccc(Cl)c(Cl)c3)cs2)c1. The largest absolute Gasteiger partial charge is 0.494 e. The van der Waals surface area contributed by atoms with Crippen molar-refractivity contribution in [2.75, 3.05) is 11.9 Å². The van der Waals surface area contributed by atoms with Crippen molar-refractivity contribution in [3.63, 3.8) is 0 Å². The summed E-state index contributed by atoms with van der Waals surface area (Å²) in [6, 6.07) is 12.5. The van der Waals surface area contributed by atoms with Gasteiger partial charge in [0.2, 0.25) is 0 Å². The molecule has 0 saturated carbocycles. The number of amides is 1. The van der Waals surface area contributed by atoms with Crippen LogP contribution in [0, 0.1) is 0 Å². The predicted octanol–water partition coefficient (Wildman–Crippen LogP) is 6.94. The summed E-state index contributed by atoms with van der Waals surface area (Å²) in [5, 5.41) is 6.17. The molecule has 3 rings (SSSR count). The lowest BCUT2D eigenvalue weighted by Crippen LogP contribution is -2.11. The first-order valence-corrected chi connectivity index (χ1v) is 10.7. The third kappa shape index (κ3) is 5.47. The van der Waals surface area contributed by atoms with Crippen molar-refractivity contribution in [3.05, 3.63) is 63.5 Å². The molecule has 2 aromatic carbocycles. The number of ether oxygens (including phenoxy) is 1. The zero-order chi connectivity index (χ0) is 19.9. The molecule has 4 nitrogen and oxygen atoms in total. The molecule has 1 heterocycles. The van der Waals surface area contributed by atoms with Gasteiger partial charge in [-0.05, 0) is 36.8 Å². The van der Waals surface area contributed by atoms with E-state index in [1.54, 1.807) is 24.3 Å². The molecule has 1 amide bonds. The topological polar surface area (TPSA) is 51.2 Å². The Labute approximate surface area is 178 Å². The summed E-state index contributed by atoms with van der Waals surface area (Å²) >= 11 is 13.4. The number of hydrogen-bond donors (Lipinski definition) is 1. The van der Waals surface area contributed by atoms with Crippen LogP contribution in [0.25, 0.3) is 11.3 Å². The highest BCUT2D eigenvalue weighted by Gasteiger charge is 2.12. The number of carbonyl (C=O) groups excluding carboxylic acids is 1. The highest BCUT2D eigenvalue weighted by Crippen LogP contribution is 2.30. The summed E-state index contributed by atoms with van der Waals surface area (Å²) in [7, 11) is 0. The van der Waals surface area contributed by atoms with Crippen LogP contribution in [0.2, 0.25) is 10.0 Å². The number of nitrogens with one attached hydrogen (secondary N) is 1. The minimum atomic E-state index is -0.228. The van der Waals surface area contributed by atoms with Crippen LogP contribution in [0.4, 0.5) is 5.13 Å². The Morgan fingerprint density at radius 3 is 2.79 bits per heavy atom. The van der Waals surface area contributed by atoms with Crippen molar-refractivity contribution in [2.24, 2.45) is 0 Å². The van der Waals surface area contributed by atoms with Gasteiger partial charge in [0, 0.05) is 16.5 Å². The number of benzene rings is 2. The highest BCUT2D eigenvalue weighted by molar-refractivity contribution is 7.14. The van der Waals surface area contributed by atoms with Gasteiger partial charge < -0.3 is 4.74 Å². The van der Waals surface area contributed by atoms with Crippen molar-refractivity contribution in [1.82, 2.24) is 4.98 Å². The van der Waals surface area contributed by atoms with Crippen molar-refractivity contribution in [2.45, 2.75) is 26.2 Å². The normalized spacial score (nSPS) is 10.7. The van der Waals surface area contributed by atoms with Crippen molar-refractivity contribution in [3.8, 4) is 17.0 Å². The van der Waals surface area contributed by atoms with E-state index >= 15 is 0 Å². The molecule has 1 aromatic heterocycles. The van der Waals surface area contributed by atoms with E-state index in [4.69, 9.17) is 27.9 Å². The maximum Gasteiger partial charge on any atom is 0.257 e. The fourth-order valence-corrected chi connectivity index (χ4v) is 3.57. The van der Waals surface area contributed by atoms with E-state index < -0.39 is 0 Å². The number of unbranched alkanes of at least 4 members (excludes halogenated alkanes) is 2. The van der Waals surface area contributed by atoms with Crippen molar-refractivity contribution >= 4 is 45.6 Å². The number of anilines is 1. The Kier molecular flexibility index (Phi) is 7.31. The Bertz CT molecular complexity index is 959. The molecule has 1 N–H and O–H groups in total. The maximum atomic E-state index is 12.5. The number of halogens is 2. The second-order valence-electron chi connectivity index (χ2n) is 6.20. The standard InChI is InChI=1S/C21H20Cl2N2O2S/c1-2-3-4-10-27-16-7-5-6-15(11-16)20(26)25-21-24-19(13-28-21)14-8-9-17(22)18(23)12-14/h5-9,11-13H,2-4,10H2,1H3,(H,24,25,26). The van der Waals surface area contributed by atoms with Crippen LogP contribution >= 0.6 is 34.5 Å². The van der Waals surface area contributed by atoms with Crippen LogP contribution in [-0.2, 0) is 0 Å². The Morgan fingerprint density at radius 1 is 1.14 bits per heavy atom. The van der Waals surface area contributed by atoms with Gasteiger partial charge in [-0.2, -0.15) is 0 Å². The molecule has 0 aliphatic carbocycles. The fraction of sp³-hybridized carbons (Fsp3) is 0.238. The summed E-state index contributed by atoms with van der Waals surface area (Å²) in [5.74, 6) is 0.466. The minimum absolute atomic E-state index is 0.228. The molecule has 28 heavy (non-hydrogen) atoms. The molecule has 0 fully saturated rings. The highest BCUT2D eigenvalue weighted by atomic mass is 35.5. The lowest BCUT2D eigenvalue weighted by molar-refractivity contribution is 0.102. The first-order valence-electron chi connectivity index (χ1n) is 9.02. The molecular formula is C21H20Cl2N2O2S.